The van der Waals surface area contributed by atoms with E-state index in [2.05, 4.69) is 5.32 Å². The Morgan fingerprint density at radius 2 is 2.05 bits per heavy atom. The van der Waals surface area contributed by atoms with Gasteiger partial charge in [0.1, 0.15) is 6.04 Å². The van der Waals surface area contributed by atoms with Crippen molar-refractivity contribution in [2.75, 3.05) is 0 Å². The molecule has 0 saturated carbocycles. The minimum Gasteiger partial charge on any atom is -0.368 e. The van der Waals surface area contributed by atoms with Crippen molar-refractivity contribution < 1.29 is 18.4 Å². The van der Waals surface area contributed by atoms with Crippen molar-refractivity contribution in [1.29, 1.82) is 5.26 Å². The van der Waals surface area contributed by atoms with Crippen molar-refractivity contribution in [2.45, 2.75) is 18.9 Å². The molecule has 0 fully saturated rings. The van der Waals surface area contributed by atoms with E-state index < -0.39 is 29.5 Å². The second-order valence-corrected chi connectivity index (χ2v) is 3.75. The molecule has 0 aromatic heterocycles. The summed E-state index contributed by atoms with van der Waals surface area (Å²) in [5, 5.41) is 10.7. The number of nitriles is 1. The van der Waals surface area contributed by atoms with Gasteiger partial charge in [0.05, 0.1) is 6.07 Å². The Labute approximate surface area is 108 Å². The SMILES string of the molecule is N#CCC[C@@H](NC(=O)c1ccc(F)c(F)c1)C(N)=O. The first-order valence-corrected chi connectivity index (χ1v) is 5.38. The molecule has 0 saturated heterocycles. The van der Waals surface area contributed by atoms with E-state index >= 15 is 0 Å². The van der Waals surface area contributed by atoms with Crippen LogP contribution in [0.5, 0.6) is 0 Å². The summed E-state index contributed by atoms with van der Waals surface area (Å²) in [5.41, 5.74) is 4.92. The van der Waals surface area contributed by atoms with Crippen molar-refractivity contribution in [3.05, 3.63) is 35.4 Å². The summed E-state index contributed by atoms with van der Waals surface area (Å²) in [4.78, 5) is 22.8. The van der Waals surface area contributed by atoms with E-state index in [-0.39, 0.29) is 18.4 Å². The van der Waals surface area contributed by atoms with Crippen molar-refractivity contribution >= 4 is 11.8 Å². The third-order valence-corrected chi connectivity index (χ3v) is 2.38. The number of carbonyl (C=O) groups is 2. The molecule has 1 atom stereocenters. The molecule has 2 amide bonds. The average Bonchev–Trinajstić information content (AvgIpc) is 2.37. The highest BCUT2D eigenvalue weighted by atomic mass is 19.2. The maximum Gasteiger partial charge on any atom is 0.252 e. The zero-order valence-electron chi connectivity index (χ0n) is 9.82. The smallest absolute Gasteiger partial charge is 0.252 e. The number of amides is 2. The molecule has 0 radical (unpaired) electrons. The lowest BCUT2D eigenvalue weighted by atomic mass is 10.1. The fourth-order valence-electron chi connectivity index (χ4n) is 1.37. The van der Waals surface area contributed by atoms with E-state index in [4.69, 9.17) is 11.0 Å². The van der Waals surface area contributed by atoms with Gasteiger partial charge in [-0.15, -0.1) is 0 Å². The first-order chi connectivity index (χ1) is 8.95. The van der Waals surface area contributed by atoms with E-state index in [9.17, 15) is 18.4 Å². The minimum atomic E-state index is -1.17. The summed E-state index contributed by atoms with van der Waals surface area (Å²) in [6.45, 7) is 0. The number of rotatable bonds is 5. The van der Waals surface area contributed by atoms with Gasteiger partial charge in [-0.05, 0) is 24.6 Å². The molecule has 0 spiro atoms. The van der Waals surface area contributed by atoms with Gasteiger partial charge in [0, 0.05) is 12.0 Å². The van der Waals surface area contributed by atoms with Gasteiger partial charge in [0.25, 0.3) is 5.91 Å². The van der Waals surface area contributed by atoms with Crippen molar-refractivity contribution in [3.63, 3.8) is 0 Å². The summed E-state index contributed by atoms with van der Waals surface area (Å²) in [7, 11) is 0. The molecule has 0 unspecified atom stereocenters. The normalized spacial score (nSPS) is 11.4. The van der Waals surface area contributed by atoms with Crippen LogP contribution in [0.25, 0.3) is 0 Å². The molecule has 5 nitrogen and oxygen atoms in total. The molecule has 3 N–H and O–H groups in total. The molecule has 100 valence electrons. The highest BCUT2D eigenvalue weighted by molar-refractivity contribution is 5.97. The Hall–Kier alpha value is -2.49. The predicted octanol–water partition coefficient (Wildman–Crippen LogP) is 0.852. The number of hydrogen-bond acceptors (Lipinski definition) is 3. The Morgan fingerprint density at radius 1 is 1.37 bits per heavy atom. The Morgan fingerprint density at radius 3 is 2.58 bits per heavy atom. The summed E-state index contributed by atoms with van der Waals surface area (Å²) in [6.07, 6.45) is 0.0902. The number of primary amides is 1. The lowest BCUT2D eigenvalue weighted by Crippen LogP contribution is -2.44. The summed E-state index contributed by atoms with van der Waals surface area (Å²) >= 11 is 0. The zero-order valence-corrected chi connectivity index (χ0v) is 9.82. The van der Waals surface area contributed by atoms with Gasteiger partial charge in [-0.3, -0.25) is 9.59 Å². The van der Waals surface area contributed by atoms with Crippen molar-refractivity contribution in [2.24, 2.45) is 5.73 Å². The number of halogens is 2. The summed E-state index contributed by atoms with van der Waals surface area (Å²) in [5.74, 6) is -3.81. The van der Waals surface area contributed by atoms with Crippen LogP contribution in [0.15, 0.2) is 18.2 Å². The van der Waals surface area contributed by atoms with Gasteiger partial charge >= 0.3 is 0 Å². The lowest BCUT2D eigenvalue weighted by molar-refractivity contribution is -0.119. The van der Waals surface area contributed by atoms with Crippen LogP contribution in [0, 0.1) is 23.0 Å². The van der Waals surface area contributed by atoms with Crippen molar-refractivity contribution in [3.8, 4) is 6.07 Å². The Kier molecular flexibility index (Phi) is 4.94. The van der Waals surface area contributed by atoms with Crippen molar-refractivity contribution in [1.82, 2.24) is 5.32 Å². The molecular weight excluding hydrogens is 256 g/mol. The average molecular weight is 267 g/mol. The third-order valence-electron chi connectivity index (χ3n) is 2.38. The highest BCUT2D eigenvalue weighted by Crippen LogP contribution is 2.09. The fraction of sp³-hybridized carbons (Fsp3) is 0.250. The molecule has 1 aromatic carbocycles. The van der Waals surface area contributed by atoms with E-state index in [1.54, 1.807) is 0 Å². The Bertz CT molecular complexity index is 540. The van der Waals surface area contributed by atoms with Gasteiger partial charge in [-0.1, -0.05) is 0 Å². The Balaban J connectivity index is 2.79. The molecule has 0 aliphatic heterocycles. The quantitative estimate of drug-likeness (QED) is 0.827. The van der Waals surface area contributed by atoms with Crippen LogP contribution in [0.1, 0.15) is 23.2 Å². The number of nitrogens with one attached hydrogen (secondary N) is 1. The first-order valence-electron chi connectivity index (χ1n) is 5.38. The second kappa shape index (κ2) is 6.44. The fourth-order valence-corrected chi connectivity index (χ4v) is 1.37. The number of nitrogens with two attached hydrogens (primary N) is 1. The lowest BCUT2D eigenvalue weighted by Gasteiger charge is -2.14. The van der Waals surface area contributed by atoms with E-state index in [0.717, 1.165) is 12.1 Å². The molecule has 0 bridgehead atoms. The maximum atomic E-state index is 12.9. The largest absolute Gasteiger partial charge is 0.368 e. The van der Waals surface area contributed by atoms with Gasteiger partial charge in [0.15, 0.2) is 11.6 Å². The molecule has 0 aliphatic carbocycles. The van der Waals surface area contributed by atoms with Gasteiger partial charge in [0.2, 0.25) is 5.91 Å². The van der Waals surface area contributed by atoms with Crippen LogP contribution in [0.4, 0.5) is 8.78 Å². The molecule has 7 heteroatoms. The number of nitrogens with zero attached hydrogens (tertiary/aromatic N) is 1. The molecular formula is C12H11F2N3O2. The van der Waals surface area contributed by atoms with Crippen LogP contribution in [-0.4, -0.2) is 17.9 Å². The summed E-state index contributed by atoms with van der Waals surface area (Å²) in [6, 6.07) is 3.39. The first kappa shape index (κ1) is 14.6. The van der Waals surface area contributed by atoms with Gasteiger partial charge in [-0.25, -0.2) is 8.78 Å². The molecule has 1 rings (SSSR count). The number of benzene rings is 1. The van der Waals surface area contributed by atoms with Gasteiger partial charge in [-0.2, -0.15) is 5.26 Å². The number of hydrogen-bond donors (Lipinski definition) is 2. The predicted molar refractivity (Wildman–Crippen MR) is 61.7 cm³/mol. The molecule has 1 aromatic rings. The topological polar surface area (TPSA) is 96.0 Å². The second-order valence-electron chi connectivity index (χ2n) is 3.75. The molecule has 0 aliphatic rings. The van der Waals surface area contributed by atoms with Crippen LogP contribution < -0.4 is 11.1 Å². The van der Waals surface area contributed by atoms with Crippen LogP contribution >= 0.6 is 0 Å². The molecule has 0 heterocycles. The minimum absolute atomic E-state index is 0.0334. The maximum absolute atomic E-state index is 12.9. The number of carbonyl (C=O) groups excluding carboxylic acids is 2. The monoisotopic (exact) mass is 267 g/mol. The third kappa shape index (κ3) is 4.03. The van der Waals surface area contributed by atoms with Crippen LogP contribution in [0.2, 0.25) is 0 Å². The van der Waals surface area contributed by atoms with Gasteiger partial charge < -0.3 is 11.1 Å². The van der Waals surface area contributed by atoms with E-state index in [1.807, 2.05) is 6.07 Å². The highest BCUT2D eigenvalue weighted by Gasteiger charge is 2.19. The van der Waals surface area contributed by atoms with E-state index in [1.165, 1.54) is 0 Å². The molecule has 19 heavy (non-hydrogen) atoms. The summed E-state index contributed by atoms with van der Waals surface area (Å²) < 4.78 is 25.7. The van der Waals surface area contributed by atoms with Crippen LogP contribution in [0.3, 0.4) is 0 Å². The van der Waals surface area contributed by atoms with Crippen LogP contribution in [-0.2, 0) is 4.79 Å². The van der Waals surface area contributed by atoms with E-state index in [0.29, 0.717) is 6.07 Å². The zero-order chi connectivity index (χ0) is 14.4. The standard InChI is InChI=1S/C12H11F2N3O2/c13-8-4-3-7(6-9(8)14)12(19)17-10(11(16)18)2-1-5-15/h3-4,6,10H,1-2H2,(H2,16,18)(H,17,19)/t10-/m1/s1.